The van der Waals surface area contributed by atoms with Gasteiger partial charge in [-0.3, -0.25) is 9.59 Å². The van der Waals surface area contributed by atoms with Gasteiger partial charge < -0.3 is 10.4 Å². The van der Waals surface area contributed by atoms with Gasteiger partial charge in [-0.05, 0) is 36.0 Å². The van der Waals surface area contributed by atoms with E-state index in [0.717, 1.165) is 17.7 Å². The molecule has 25 heavy (non-hydrogen) atoms. The maximum Gasteiger partial charge on any atom is 0.307 e. The van der Waals surface area contributed by atoms with Crippen LogP contribution in [0, 0.1) is 23.7 Å². The van der Waals surface area contributed by atoms with Crippen molar-refractivity contribution in [1.82, 2.24) is 15.1 Å². The van der Waals surface area contributed by atoms with Crippen molar-refractivity contribution in [2.24, 2.45) is 23.7 Å². The fraction of sp³-hybridized carbons (Fsp3) is 0.316. The molecule has 2 aliphatic rings. The Morgan fingerprint density at radius 3 is 2.64 bits per heavy atom. The monoisotopic (exact) mass is 337 g/mol. The molecule has 2 aliphatic carbocycles. The van der Waals surface area contributed by atoms with Gasteiger partial charge in [0.2, 0.25) is 5.91 Å². The molecule has 1 heterocycles. The zero-order valence-corrected chi connectivity index (χ0v) is 13.6. The summed E-state index contributed by atoms with van der Waals surface area (Å²) in [4.78, 5) is 24.3. The van der Waals surface area contributed by atoms with Crippen molar-refractivity contribution < 1.29 is 14.7 Å². The van der Waals surface area contributed by atoms with E-state index in [4.69, 9.17) is 0 Å². The minimum atomic E-state index is -0.881. The number of allylic oxidation sites excluding steroid dienone is 2. The maximum absolute atomic E-state index is 12.7. The number of carbonyl (C=O) groups is 2. The van der Waals surface area contributed by atoms with Crippen molar-refractivity contribution in [3.05, 3.63) is 60.4 Å². The van der Waals surface area contributed by atoms with Crippen molar-refractivity contribution >= 4 is 11.9 Å². The minimum absolute atomic E-state index is 0.0189. The standard InChI is InChI=1S/C19H19N3O3/c23-18(16-12-6-7-13(10-12)17(16)19(24)25)20-11-14-4-1-2-5-15(14)22-9-3-8-21-22/h1-9,12-13,16-17H,10-11H2,(H,20,23)(H,24,25)/t12-,13-,16-,17-/m0/s1. The van der Waals surface area contributed by atoms with E-state index in [2.05, 4.69) is 10.4 Å². The first kappa shape index (κ1) is 15.6. The summed E-state index contributed by atoms with van der Waals surface area (Å²) in [5.74, 6) is -2.14. The van der Waals surface area contributed by atoms with Gasteiger partial charge in [0.25, 0.3) is 0 Å². The Bertz CT molecular complexity index is 828. The number of aliphatic carboxylic acids is 1. The van der Waals surface area contributed by atoms with E-state index in [1.54, 1.807) is 10.9 Å². The van der Waals surface area contributed by atoms with Gasteiger partial charge in [-0.2, -0.15) is 5.10 Å². The van der Waals surface area contributed by atoms with Crippen LogP contribution in [0.4, 0.5) is 0 Å². The Morgan fingerprint density at radius 2 is 1.92 bits per heavy atom. The number of nitrogens with one attached hydrogen (secondary N) is 1. The summed E-state index contributed by atoms with van der Waals surface area (Å²) in [5, 5.41) is 16.7. The molecule has 0 radical (unpaired) electrons. The number of rotatable bonds is 5. The normalized spacial score (nSPS) is 26.7. The third-order valence-electron chi connectivity index (χ3n) is 5.24. The van der Waals surface area contributed by atoms with Crippen LogP contribution in [0.25, 0.3) is 5.69 Å². The lowest BCUT2D eigenvalue weighted by Gasteiger charge is -2.24. The van der Waals surface area contributed by atoms with E-state index in [0.29, 0.717) is 6.54 Å². The minimum Gasteiger partial charge on any atom is -0.481 e. The number of amides is 1. The highest BCUT2D eigenvalue weighted by molar-refractivity contribution is 5.86. The molecule has 1 saturated carbocycles. The largest absolute Gasteiger partial charge is 0.481 e. The Balaban J connectivity index is 1.50. The van der Waals surface area contributed by atoms with Gasteiger partial charge in [-0.25, -0.2) is 4.68 Å². The molecule has 1 aromatic carbocycles. The van der Waals surface area contributed by atoms with Crippen LogP contribution in [-0.4, -0.2) is 26.8 Å². The second-order valence-electron chi connectivity index (χ2n) is 6.64. The maximum atomic E-state index is 12.7. The molecule has 128 valence electrons. The molecule has 1 amide bonds. The Kier molecular flexibility index (Phi) is 3.87. The highest BCUT2D eigenvalue weighted by atomic mass is 16.4. The molecule has 2 aromatic rings. The SMILES string of the molecule is O=C(O)[C@@H]1[C@@H](C(=O)NCc2ccccc2-n2cccn2)[C@H]2C=C[C@H]1C2. The van der Waals surface area contributed by atoms with Gasteiger partial charge in [0.1, 0.15) is 0 Å². The molecule has 1 aromatic heterocycles. The van der Waals surface area contributed by atoms with Gasteiger partial charge in [-0.1, -0.05) is 30.4 Å². The van der Waals surface area contributed by atoms with Gasteiger partial charge in [-0.15, -0.1) is 0 Å². The summed E-state index contributed by atoms with van der Waals surface area (Å²) in [6.07, 6.45) is 8.25. The second kappa shape index (κ2) is 6.20. The quantitative estimate of drug-likeness (QED) is 0.818. The van der Waals surface area contributed by atoms with Crippen LogP contribution in [0.15, 0.2) is 54.9 Å². The molecule has 0 aliphatic heterocycles. The molecule has 6 nitrogen and oxygen atoms in total. The number of benzene rings is 1. The van der Waals surface area contributed by atoms with E-state index in [9.17, 15) is 14.7 Å². The molecule has 4 rings (SSSR count). The molecule has 6 heteroatoms. The number of aromatic nitrogens is 2. The zero-order valence-electron chi connectivity index (χ0n) is 13.6. The lowest BCUT2D eigenvalue weighted by atomic mass is 9.82. The summed E-state index contributed by atoms with van der Waals surface area (Å²) >= 11 is 0. The first-order valence-electron chi connectivity index (χ1n) is 8.42. The van der Waals surface area contributed by atoms with Crippen LogP contribution in [0.2, 0.25) is 0 Å². The average molecular weight is 337 g/mol. The van der Waals surface area contributed by atoms with Crippen LogP contribution in [0.3, 0.4) is 0 Å². The first-order valence-corrected chi connectivity index (χ1v) is 8.42. The molecule has 1 fully saturated rings. The van der Waals surface area contributed by atoms with Crippen molar-refractivity contribution in [2.45, 2.75) is 13.0 Å². The number of fused-ring (bicyclic) bond motifs is 2. The fourth-order valence-corrected chi connectivity index (χ4v) is 4.11. The van der Waals surface area contributed by atoms with Crippen molar-refractivity contribution in [3.63, 3.8) is 0 Å². The highest BCUT2D eigenvalue weighted by Gasteiger charge is 2.51. The molecule has 2 bridgehead atoms. The smallest absolute Gasteiger partial charge is 0.307 e. The number of carboxylic acids is 1. The third-order valence-corrected chi connectivity index (χ3v) is 5.24. The van der Waals surface area contributed by atoms with E-state index < -0.39 is 17.8 Å². The van der Waals surface area contributed by atoms with Crippen LogP contribution >= 0.6 is 0 Å². The predicted octanol–water partition coefficient (Wildman–Crippen LogP) is 2.01. The number of nitrogens with zero attached hydrogens (tertiary/aromatic N) is 2. The van der Waals surface area contributed by atoms with Crippen LogP contribution in [0.1, 0.15) is 12.0 Å². The summed E-state index contributed by atoms with van der Waals surface area (Å²) < 4.78 is 1.75. The molecular weight excluding hydrogens is 318 g/mol. The van der Waals surface area contributed by atoms with Crippen LogP contribution < -0.4 is 5.32 Å². The topological polar surface area (TPSA) is 84.2 Å². The lowest BCUT2D eigenvalue weighted by molar-refractivity contribution is -0.147. The summed E-state index contributed by atoms with van der Waals surface area (Å²) in [5.41, 5.74) is 1.83. The predicted molar refractivity (Wildman–Crippen MR) is 90.8 cm³/mol. The van der Waals surface area contributed by atoms with E-state index in [1.807, 2.05) is 48.7 Å². The van der Waals surface area contributed by atoms with E-state index in [1.165, 1.54) is 0 Å². The number of para-hydroxylation sites is 1. The summed E-state index contributed by atoms with van der Waals surface area (Å²) in [6.45, 7) is 0.346. The van der Waals surface area contributed by atoms with Crippen LogP contribution in [0.5, 0.6) is 0 Å². The Morgan fingerprint density at radius 1 is 1.16 bits per heavy atom. The summed E-state index contributed by atoms with van der Waals surface area (Å²) in [6, 6.07) is 9.55. The number of carbonyl (C=O) groups excluding carboxylic acids is 1. The molecular formula is C19H19N3O3. The van der Waals surface area contributed by atoms with Gasteiger partial charge >= 0.3 is 5.97 Å². The van der Waals surface area contributed by atoms with Crippen LogP contribution in [-0.2, 0) is 16.1 Å². The highest BCUT2D eigenvalue weighted by Crippen LogP contribution is 2.48. The average Bonchev–Trinajstić information content (AvgIpc) is 3.35. The van der Waals surface area contributed by atoms with E-state index in [-0.39, 0.29) is 17.7 Å². The number of hydrogen-bond acceptors (Lipinski definition) is 3. The van der Waals surface area contributed by atoms with Crippen molar-refractivity contribution in [1.29, 1.82) is 0 Å². The molecule has 2 N–H and O–H groups in total. The summed E-state index contributed by atoms with van der Waals surface area (Å²) in [7, 11) is 0. The second-order valence-corrected chi connectivity index (χ2v) is 6.64. The fourth-order valence-electron chi connectivity index (χ4n) is 4.11. The molecule has 4 atom stereocenters. The van der Waals surface area contributed by atoms with E-state index >= 15 is 0 Å². The van der Waals surface area contributed by atoms with Crippen molar-refractivity contribution in [2.75, 3.05) is 0 Å². The lowest BCUT2D eigenvalue weighted by Crippen LogP contribution is -2.40. The Hall–Kier alpha value is -2.89. The molecule has 0 spiro atoms. The van der Waals surface area contributed by atoms with Crippen molar-refractivity contribution in [3.8, 4) is 5.69 Å². The zero-order chi connectivity index (χ0) is 17.4. The Labute approximate surface area is 145 Å². The van der Waals surface area contributed by atoms with Gasteiger partial charge in [0, 0.05) is 18.9 Å². The first-order chi connectivity index (χ1) is 12.1. The third kappa shape index (κ3) is 2.73. The number of hydrogen-bond donors (Lipinski definition) is 2. The van der Waals surface area contributed by atoms with Gasteiger partial charge in [0.15, 0.2) is 0 Å². The number of carboxylic acid groups (broad SMARTS) is 1. The molecule has 0 saturated heterocycles. The molecule has 0 unspecified atom stereocenters. The van der Waals surface area contributed by atoms with Gasteiger partial charge in [0.05, 0.1) is 17.5 Å².